The van der Waals surface area contributed by atoms with Crippen LogP contribution in [0, 0.1) is 0 Å². The van der Waals surface area contributed by atoms with Crippen molar-refractivity contribution in [1.82, 2.24) is 5.32 Å². The zero-order chi connectivity index (χ0) is 24.5. The van der Waals surface area contributed by atoms with Gasteiger partial charge in [-0.25, -0.2) is 0 Å². The zero-order valence-corrected chi connectivity index (χ0v) is 20.4. The summed E-state index contributed by atoms with van der Waals surface area (Å²) < 4.78 is 11.5. The van der Waals surface area contributed by atoms with E-state index in [0.717, 1.165) is 29.1 Å². The van der Waals surface area contributed by atoms with Crippen LogP contribution in [0.25, 0.3) is 0 Å². The van der Waals surface area contributed by atoms with Gasteiger partial charge in [-0.3, -0.25) is 4.79 Å². The van der Waals surface area contributed by atoms with Gasteiger partial charge in [0.2, 0.25) is 5.91 Å². The van der Waals surface area contributed by atoms with Gasteiger partial charge in [0, 0.05) is 24.8 Å². The summed E-state index contributed by atoms with van der Waals surface area (Å²) in [5, 5.41) is 3.15. The molecule has 35 heavy (non-hydrogen) atoms. The first-order chi connectivity index (χ1) is 17.1. The third kappa shape index (κ3) is 6.86. The molecule has 2 atom stereocenters. The fourth-order valence-corrected chi connectivity index (χ4v) is 4.43. The Morgan fingerprint density at radius 1 is 0.771 bits per heavy atom. The van der Waals surface area contributed by atoms with Crippen LogP contribution in [0.15, 0.2) is 108 Å². The first-order valence-electron chi connectivity index (χ1n) is 12.3. The highest BCUT2D eigenvalue weighted by Crippen LogP contribution is 2.30. The van der Waals surface area contributed by atoms with Gasteiger partial charge in [0.1, 0.15) is 11.5 Å². The third-order valence-electron chi connectivity index (χ3n) is 6.09. The maximum atomic E-state index is 13.1. The minimum Gasteiger partial charge on any atom is -0.491 e. The molecule has 4 heteroatoms. The molecule has 4 nitrogen and oxygen atoms in total. The molecule has 0 spiro atoms. The monoisotopic (exact) mass is 467 g/mol. The van der Waals surface area contributed by atoms with Crippen molar-refractivity contribution >= 4 is 5.91 Å². The molecule has 1 aromatic heterocycles. The molecule has 0 aliphatic heterocycles. The normalized spacial score (nSPS) is 12.8. The highest BCUT2D eigenvalue weighted by Gasteiger charge is 2.20. The number of hydrogen-bond acceptors (Lipinski definition) is 3. The number of carbonyl (C=O) groups is 1. The summed E-state index contributed by atoms with van der Waals surface area (Å²) >= 11 is 0. The van der Waals surface area contributed by atoms with Crippen molar-refractivity contribution in [2.75, 3.05) is 6.54 Å². The molecule has 0 fully saturated rings. The van der Waals surface area contributed by atoms with E-state index in [1.165, 1.54) is 5.56 Å². The van der Waals surface area contributed by atoms with E-state index in [9.17, 15) is 4.79 Å². The van der Waals surface area contributed by atoms with Gasteiger partial charge in [0.05, 0.1) is 12.4 Å². The second-order valence-corrected chi connectivity index (χ2v) is 9.02. The minimum absolute atomic E-state index is 0.0284. The van der Waals surface area contributed by atoms with Gasteiger partial charge in [-0.05, 0) is 61.2 Å². The maximum Gasteiger partial charge on any atom is 0.220 e. The highest BCUT2D eigenvalue weighted by molar-refractivity contribution is 5.77. The number of benzene rings is 3. The summed E-state index contributed by atoms with van der Waals surface area (Å²) in [6.45, 7) is 4.60. The summed E-state index contributed by atoms with van der Waals surface area (Å²) in [4.78, 5) is 13.1. The molecule has 4 aromatic rings. The number of ether oxygens (including phenoxy) is 1. The van der Waals surface area contributed by atoms with Crippen LogP contribution in [0.3, 0.4) is 0 Å². The van der Waals surface area contributed by atoms with Crippen LogP contribution in [0.2, 0.25) is 0 Å². The second-order valence-electron chi connectivity index (χ2n) is 9.02. The Labute approximate surface area is 208 Å². The van der Waals surface area contributed by atoms with Gasteiger partial charge < -0.3 is 14.5 Å². The molecule has 4 rings (SSSR count). The molecule has 1 N–H and O–H groups in total. The molecular weight excluding hydrogens is 434 g/mol. The topological polar surface area (TPSA) is 51.5 Å². The quantitative estimate of drug-likeness (QED) is 0.260. The van der Waals surface area contributed by atoms with Crippen molar-refractivity contribution in [3.63, 3.8) is 0 Å². The Morgan fingerprint density at radius 3 is 1.94 bits per heavy atom. The average molecular weight is 468 g/mol. The Kier molecular flexibility index (Phi) is 8.39. The summed E-state index contributed by atoms with van der Waals surface area (Å²) in [7, 11) is 0. The predicted molar refractivity (Wildman–Crippen MR) is 140 cm³/mol. The average Bonchev–Trinajstić information content (AvgIpc) is 3.41. The van der Waals surface area contributed by atoms with Crippen LogP contribution in [-0.4, -0.2) is 18.6 Å². The first kappa shape index (κ1) is 24.3. The van der Waals surface area contributed by atoms with Gasteiger partial charge >= 0.3 is 0 Å². The fraction of sp³-hybridized carbons (Fsp3) is 0.258. The summed E-state index contributed by atoms with van der Waals surface area (Å²) in [5.41, 5.74) is 3.40. The van der Waals surface area contributed by atoms with Crippen molar-refractivity contribution in [2.24, 2.45) is 0 Å². The Morgan fingerprint density at radius 2 is 1.37 bits per heavy atom. The van der Waals surface area contributed by atoms with Crippen molar-refractivity contribution in [1.29, 1.82) is 0 Å². The van der Waals surface area contributed by atoms with Gasteiger partial charge in [-0.15, -0.1) is 0 Å². The number of amides is 1. The van der Waals surface area contributed by atoms with E-state index >= 15 is 0 Å². The lowest BCUT2D eigenvalue weighted by Gasteiger charge is -2.20. The van der Waals surface area contributed by atoms with E-state index in [2.05, 4.69) is 41.7 Å². The molecule has 0 saturated heterocycles. The lowest BCUT2D eigenvalue weighted by Crippen LogP contribution is -2.27. The molecule has 1 heterocycles. The second kappa shape index (κ2) is 12.1. The number of hydrogen-bond donors (Lipinski definition) is 1. The van der Waals surface area contributed by atoms with Crippen molar-refractivity contribution < 1.29 is 13.9 Å². The molecule has 2 unspecified atom stereocenters. The van der Waals surface area contributed by atoms with Crippen molar-refractivity contribution in [3.8, 4) is 5.75 Å². The lowest BCUT2D eigenvalue weighted by molar-refractivity contribution is -0.121. The summed E-state index contributed by atoms with van der Waals surface area (Å²) in [5.74, 6) is 1.86. The Bertz CT molecular complexity index is 1150. The van der Waals surface area contributed by atoms with Crippen LogP contribution in [0.4, 0.5) is 0 Å². The highest BCUT2D eigenvalue weighted by atomic mass is 16.5. The molecule has 0 aliphatic rings. The van der Waals surface area contributed by atoms with Gasteiger partial charge in [0.15, 0.2) is 0 Å². The minimum atomic E-state index is -0.0284. The molecule has 3 aromatic carbocycles. The Hall–Kier alpha value is -3.79. The van der Waals surface area contributed by atoms with Gasteiger partial charge in [-0.1, -0.05) is 72.8 Å². The molecule has 0 saturated carbocycles. The summed E-state index contributed by atoms with van der Waals surface area (Å²) in [6, 6.07) is 32.5. The standard InChI is InChI=1S/C31H33NO3/c1-23(2)35-27-17-15-26(16-18-27)29(25-12-7-4-8-13-25)22-31(33)32-20-19-28(30-14-9-21-34-30)24-10-5-3-6-11-24/h3-18,21,23,28-29H,19-20,22H2,1-2H3,(H,32,33). The molecular formula is C31H33NO3. The van der Waals surface area contributed by atoms with E-state index in [1.807, 2.05) is 74.5 Å². The zero-order valence-electron chi connectivity index (χ0n) is 20.4. The SMILES string of the molecule is CC(C)Oc1ccc(C(CC(=O)NCCC(c2ccccc2)c2ccco2)c2ccccc2)cc1. The molecule has 180 valence electrons. The fourth-order valence-electron chi connectivity index (χ4n) is 4.43. The third-order valence-corrected chi connectivity index (χ3v) is 6.09. The number of rotatable bonds is 11. The van der Waals surface area contributed by atoms with Crippen LogP contribution in [-0.2, 0) is 4.79 Å². The van der Waals surface area contributed by atoms with Crippen LogP contribution >= 0.6 is 0 Å². The molecule has 0 radical (unpaired) electrons. The van der Waals surface area contributed by atoms with E-state index in [-0.39, 0.29) is 23.8 Å². The van der Waals surface area contributed by atoms with E-state index in [1.54, 1.807) is 6.26 Å². The van der Waals surface area contributed by atoms with E-state index < -0.39 is 0 Å². The van der Waals surface area contributed by atoms with Gasteiger partial charge in [-0.2, -0.15) is 0 Å². The van der Waals surface area contributed by atoms with Crippen LogP contribution in [0.5, 0.6) is 5.75 Å². The molecule has 0 bridgehead atoms. The smallest absolute Gasteiger partial charge is 0.220 e. The van der Waals surface area contributed by atoms with Crippen LogP contribution < -0.4 is 10.1 Å². The molecule has 0 aliphatic carbocycles. The van der Waals surface area contributed by atoms with Gasteiger partial charge in [0.25, 0.3) is 0 Å². The van der Waals surface area contributed by atoms with Crippen molar-refractivity contribution in [3.05, 3.63) is 126 Å². The van der Waals surface area contributed by atoms with E-state index in [0.29, 0.717) is 13.0 Å². The lowest BCUT2D eigenvalue weighted by atomic mass is 9.88. The first-order valence-corrected chi connectivity index (χ1v) is 12.3. The predicted octanol–water partition coefficient (Wildman–Crippen LogP) is 6.93. The van der Waals surface area contributed by atoms with Crippen LogP contribution in [0.1, 0.15) is 61.0 Å². The summed E-state index contributed by atoms with van der Waals surface area (Å²) in [6.07, 6.45) is 2.97. The largest absolute Gasteiger partial charge is 0.491 e. The number of carbonyl (C=O) groups excluding carboxylic acids is 1. The van der Waals surface area contributed by atoms with E-state index in [4.69, 9.17) is 9.15 Å². The maximum absolute atomic E-state index is 13.1. The number of nitrogens with one attached hydrogen (secondary N) is 1. The number of furan rings is 1. The molecule has 1 amide bonds. The Balaban J connectivity index is 1.42. The van der Waals surface area contributed by atoms with Crippen molar-refractivity contribution in [2.45, 2.75) is 44.6 Å².